The standard InChI is InChI=1S/C14H19NO3/c1-10(2)12-5-3-4-6-13(12)15-11(7-16)8-18-9-14(15)17/h3-6,10-11,16H,7-9H2,1-2H3. The van der Waals surface area contributed by atoms with Gasteiger partial charge in [-0.25, -0.2) is 0 Å². The van der Waals surface area contributed by atoms with Crippen molar-refractivity contribution in [2.24, 2.45) is 0 Å². The number of para-hydroxylation sites is 1. The molecule has 1 heterocycles. The number of morpholine rings is 1. The predicted octanol–water partition coefficient (Wildman–Crippen LogP) is 1.53. The Hall–Kier alpha value is -1.39. The summed E-state index contributed by atoms with van der Waals surface area (Å²) in [6.45, 7) is 4.57. The van der Waals surface area contributed by atoms with Gasteiger partial charge in [-0.1, -0.05) is 32.0 Å². The highest BCUT2D eigenvalue weighted by Crippen LogP contribution is 2.30. The molecule has 0 spiro atoms. The number of carbonyl (C=O) groups excluding carboxylic acids is 1. The highest BCUT2D eigenvalue weighted by Gasteiger charge is 2.31. The normalized spacial score (nSPS) is 20.6. The molecular formula is C14H19NO3. The maximum absolute atomic E-state index is 12.0. The van der Waals surface area contributed by atoms with Crippen LogP contribution >= 0.6 is 0 Å². The molecule has 4 nitrogen and oxygen atoms in total. The van der Waals surface area contributed by atoms with E-state index in [1.54, 1.807) is 4.90 Å². The lowest BCUT2D eigenvalue weighted by Crippen LogP contribution is -2.51. The molecule has 0 aromatic heterocycles. The van der Waals surface area contributed by atoms with Crippen molar-refractivity contribution in [3.63, 3.8) is 0 Å². The number of hydrogen-bond donors (Lipinski definition) is 1. The van der Waals surface area contributed by atoms with E-state index in [4.69, 9.17) is 4.74 Å². The van der Waals surface area contributed by atoms with Gasteiger partial charge in [-0.15, -0.1) is 0 Å². The molecule has 1 saturated heterocycles. The zero-order valence-corrected chi connectivity index (χ0v) is 10.8. The summed E-state index contributed by atoms with van der Waals surface area (Å²) < 4.78 is 5.19. The molecule has 1 atom stereocenters. The number of benzene rings is 1. The average molecular weight is 249 g/mol. The van der Waals surface area contributed by atoms with Crippen LogP contribution in [0.3, 0.4) is 0 Å². The molecule has 1 aliphatic heterocycles. The van der Waals surface area contributed by atoms with Gasteiger partial charge in [0.2, 0.25) is 0 Å². The summed E-state index contributed by atoms with van der Waals surface area (Å²) in [4.78, 5) is 13.7. The van der Waals surface area contributed by atoms with Crippen LogP contribution in [0.4, 0.5) is 5.69 Å². The topological polar surface area (TPSA) is 49.8 Å². The third kappa shape index (κ3) is 2.40. The fraction of sp³-hybridized carbons (Fsp3) is 0.500. The fourth-order valence-corrected chi connectivity index (χ4v) is 2.29. The van der Waals surface area contributed by atoms with Crippen molar-refractivity contribution in [3.05, 3.63) is 29.8 Å². The molecule has 1 unspecified atom stereocenters. The van der Waals surface area contributed by atoms with Gasteiger partial charge in [-0.05, 0) is 17.5 Å². The summed E-state index contributed by atoms with van der Waals surface area (Å²) in [7, 11) is 0. The minimum Gasteiger partial charge on any atom is -0.394 e. The second-order valence-corrected chi connectivity index (χ2v) is 4.83. The first-order chi connectivity index (χ1) is 8.65. The number of anilines is 1. The van der Waals surface area contributed by atoms with Crippen molar-refractivity contribution in [1.29, 1.82) is 0 Å². The van der Waals surface area contributed by atoms with Crippen LogP contribution in [0, 0.1) is 0 Å². The number of rotatable bonds is 3. The maximum Gasteiger partial charge on any atom is 0.253 e. The van der Waals surface area contributed by atoms with Crippen LogP contribution in [0.15, 0.2) is 24.3 Å². The number of nitrogens with zero attached hydrogens (tertiary/aromatic N) is 1. The van der Waals surface area contributed by atoms with Crippen LogP contribution in [-0.2, 0) is 9.53 Å². The quantitative estimate of drug-likeness (QED) is 0.884. The number of aliphatic hydroxyl groups is 1. The third-order valence-electron chi connectivity index (χ3n) is 3.20. The zero-order chi connectivity index (χ0) is 13.1. The summed E-state index contributed by atoms with van der Waals surface area (Å²) in [6, 6.07) is 7.56. The van der Waals surface area contributed by atoms with Crippen molar-refractivity contribution < 1.29 is 14.6 Å². The van der Waals surface area contributed by atoms with E-state index in [2.05, 4.69) is 13.8 Å². The Morgan fingerprint density at radius 3 is 2.83 bits per heavy atom. The van der Waals surface area contributed by atoms with Crippen molar-refractivity contribution >= 4 is 11.6 Å². The lowest BCUT2D eigenvalue weighted by atomic mass is 9.99. The smallest absolute Gasteiger partial charge is 0.253 e. The van der Waals surface area contributed by atoms with Crippen molar-refractivity contribution in [2.75, 3.05) is 24.7 Å². The summed E-state index contributed by atoms with van der Waals surface area (Å²) in [5.41, 5.74) is 2.01. The fourth-order valence-electron chi connectivity index (χ4n) is 2.29. The van der Waals surface area contributed by atoms with Crippen molar-refractivity contribution in [2.45, 2.75) is 25.8 Å². The molecule has 1 amide bonds. The lowest BCUT2D eigenvalue weighted by molar-refractivity contribution is -0.128. The highest BCUT2D eigenvalue weighted by atomic mass is 16.5. The van der Waals surface area contributed by atoms with Gasteiger partial charge >= 0.3 is 0 Å². The molecular weight excluding hydrogens is 230 g/mol. The van der Waals surface area contributed by atoms with Gasteiger partial charge in [0.15, 0.2) is 0 Å². The Morgan fingerprint density at radius 2 is 2.17 bits per heavy atom. The minimum absolute atomic E-state index is 0.0851. The van der Waals surface area contributed by atoms with Crippen LogP contribution in [0.2, 0.25) is 0 Å². The molecule has 0 radical (unpaired) electrons. The monoisotopic (exact) mass is 249 g/mol. The van der Waals surface area contributed by atoms with E-state index in [-0.39, 0.29) is 25.2 Å². The van der Waals surface area contributed by atoms with Crippen molar-refractivity contribution in [1.82, 2.24) is 0 Å². The Morgan fingerprint density at radius 1 is 1.44 bits per heavy atom. The molecule has 0 saturated carbocycles. The minimum atomic E-state index is -0.286. The molecule has 18 heavy (non-hydrogen) atoms. The maximum atomic E-state index is 12.0. The zero-order valence-electron chi connectivity index (χ0n) is 10.8. The van der Waals surface area contributed by atoms with Crippen LogP contribution in [0.25, 0.3) is 0 Å². The van der Waals surface area contributed by atoms with Gasteiger partial charge in [0.05, 0.1) is 19.3 Å². The molecule has 1 aromatic carbocycles. The Labute approximate surface area is 107 Å². The van der Waals surface area contributed by atoms with Crippen LogP contribution in [-0.4, -0.2) is 36.9 Å². The van der Waals surface area contributed by atoms with Crippen LogP contribution < -0.4 is 4.90 Å². The largest absolute Gasteiger partial charge is 0.394 e. The molecule has 1 aliphatic rings. The first-order valence-electron chi connectivity index (χ1n) is 6.24. The lowest BCUT2D eigenvalue weighted by Gasteiger charge is -2.36. The molecule has 0 aliphatic carbocycles. The highest BCUT2D eigenvalue weighted by molar-refractivity contribution is 5.96. The Kier molecular flexibility index (Phi) is 3.99. The number of aliphatic hydroxyl groups excluding tert-OH is 1. The summed E-state index contributed by atoms with van der Waals surface area (Å²) in [5, 5.41) is 9.40. The van der Waals surface area contributed by atoms with Gasteiger partial charge in [0.25, 0.3) is 5.91 Å². The Bertz CT molecular complexity index is 431. The molecule has 0 bridgehead atoms. The number of ether oxygens (including phenoxy) is 1. The van der Waals surface area contributed by atoms with Crippen LogP contribution in [0.5, 0.6) is 0 Å². The summed E-state index contributed by atoms with van der Waals surface area (Å²) >= 11 is 0. The first-order valence-corrected chi connectivity index (χ1v) is 6.24. The summed E-state index contributed by atoms with van der Waals surface area (Å²) in [6.07, 6.45) is 0. The number of hydrogen-bond acceptors (Lipinski definition) is 3. The number of amides is 1. The molecule has 4 heteroatoms. The predicted molar refractivity (Wildman–Crippen MR) is 69.7 cm³/mol. The van der Waals surface area contributed by atoms with Gasteiger partial charge < -0.3 is 14.7 Å². The van der Waals surface area contributed by atoms with Crippen molar-refractivity contribution in [3.8, 4) is 0 Å². The molecule has 1 N–H and O–H groups in total. The van der Waals surface area contributed by atoms with E-state index in [1.165, 1.54) is 0 Å². The van der Waals surface area contributed by atoms with Gasteiger partial charge in [-0.3, -0.25) is 4.79 Å². The van der Waals surface area contributed by atoms with E-state index in [9.17, 15) is 9.90 Å². The first kappa shape index (κ1) is 13.1. The molecule has 98 valence electrons. The van der Waals surface area contributed by atoms with E-state index >= 15 is 0 Å². The number of carbonyl (C=O) groups is 1. The molecule has 1 aromatic rings. The second kappa shape index (κ2) is 5.50. The SMILES string of the molecule is CC(C)c1ccccc1N1C(=O)COCC1CO. The Balaban J connectivity index is 2.41. The summed E-state index contributed by atoms with van der Waals surface area (Å²) in [5.74, 6) is 0.240. The van der Waals surface area contributed by atoms with E-state index < -0.39 is 0 Å². The van der Waals surface area contributed by atoms with E-state index in [0.29, 0.717) is 12.5 Å². The van der Waals surface area contributed by atoms with Gasteiger partial charge in [0.1, 0.15) is 6.61 Å². The molecule has 1 fully saturated rings. The van der Waals surface area contributed by atoms with E-state index in [1.807, 2.05) is 24.3 Å². The third-order valence-corrected chi connectivity index (χ3v) is 3.20. The molecule has 2 rings (SSSR count). The second-order valence-electron chi connectivity index (χ2n) is 4.83. The van der Waals surface area contributed by atoms with Gasteiger partial charge in [-0.2, -0.15) is 0 Å². The van der Waals surface area contributed by atoms with Gasteiger partial charge in [0, 0.05) is 5.69 Å². The average Bonchev–Trinajstić information content (AvgIpc) is 2.38. The van der Waals surface area contributed by atoms with Crippen LogP contribution in [0.1, 0.15) is 25.3 Å². The van der Waals surface area contributed by atoms with E-state index in [0.717, 1.165) is 11.3 Å².